The van der Waals surface area contributed by atoms with Gasteiger partial charge in [0.05, 0.1) is 16.4 Å². The van der Waals surface area contributed by atoms with E-state index in [2.05, 4.69) is 4.72 Å². The molecule has 120 valence electrons. The predicted octanol–water partition coefficient (Wildman–Crippen LogP) is 0.429. The second-order valence-corrected chi connectivity index (χ2v) is 7.71. The number of primary sulfonamides is 1. The molecule has 0 aliphatic carbocycles. The van der Waals surface area contributed by atoms with Gasteiger partial charge in [-0.05, 0) is 30.7 Å². The normalized spacial score (nSPS) is 12.5. The Balaban J connectivity index is 2.58. The summed E-state index contributed by atoms with van der Waals surface area (Å²) in [7, 11) is -7.51. The zero-order valence-electron chi connectivity index (χ0n) is 11.8. The average Bonchev–Trinajstić information content (AvgIpc) is 2.42. The number of unbranched alkanes of at least 4 members (excludes halogenated alkanes) is 1. The van der Waals surface area contributed by atoms with E-state index in [0.29, 0.717) is 6.61 Å². The Morgan fingerprint density at radius 3 is 2.14 bits per heavy atom. The molecule has 0 saturated carbocycles. The first-order valence-corrected chi connectivity index (χ1v) is 9.50. The Bertz CT molecular complexity index is 639. The fraction of sp³-hybridized carbons (Fsp3) is 0.500. The standard InChI is InChI=1S/C12H20N2O5S2/c1-2-3-9-19-10-8-14-21(17,18)12-6-4-11(5-7-12)20(13,15)16/h4-7,14H,2-3,8-10H2,1H3,(H2,13,15,16). The molecule has 0 spiro atoms. The smallest absolute Gasteiger partial charge is 0.240 e. The second kappa shape index (κ2) is 7.85. The minimum atomic E-state index is -3.83. The summed E-state index contributed by atoms with van der Waals surface area (Å²) < 4.78 is 53.7. The molecule has 0 unspecified atom stereocenters. The second-order valence-electron chi connectivity index (χ2n) is 4.38. The number of hydrogen-bond donors (Lipinski definition) is 2. The molecule has 0 fully saturated rings. The van der Waals surface area contributed by atoms with Gasteiger partial charge in [-0.3, -0.25) is 0 Å². The molecule has 0 amide bonds. The summed E-state index contributed by atoms with van der Waals surface area (Å²) >= 11 is 0. The molecule has 7 nitrogen and oxygen atoms in total. The Morgan fingerprint density at radius 1 is 1.05 bits per heavy atom. The van der Waals surface area contributed by atoms with Gasteiger partial charge in [0.25, 0.3) is 0 Å². The van der Waals surface area contributed by atoms with Gasteiger partial charge in [-0.2, -0.15) is 0 Å². The van der Waals surface area contributed by atoms with Crippen LogP contribution in [0.5, 0.6) is 0 Å². The van der Waals surface area contributed by atoms with Crippen molar-refractivity contribution in [2.45, 2.75) is 29.6 Å². The number of sulfonamides is 2. The van der Waals surface area contributed by atoms with Crippen molar-refractivity contribution in [2.24, 2.45) is 5.14 Å². The van der Waals surface area contributed by atoms with E-state index in [4.69, 9.17) is 9.88 Å². The lowest BCUT2D eigenvalue weighted by Crippen LogP contribution is -2.27. The molecular weight excluding hydrogens is 316 g/mol. The third-order valence-corrected chi connectivity index (χ3v) is 5.05. The van der Waals surface area contributed by atoms with Crippen LogP contribution in [0.2, 0.25) is 0 Å². The molecular formula is C12H20N2O5S2. The Labute approximate surface area is 125 Å². The number of benzene rings is 1. The topological polar surface area (TPSA) is 116 Å². The lowest BCUT2D eigenvalue weighted by molar-refractivity contribution is 0.136. The molecule has 0 radical (unpaired) electrons. The van der Waals surface area contributed by atoms with Crippen molar-refractivity contribution in [1.82, 2.24) is 4.72 Å². The Kier molecular flexibility index (Phi) is 6.75. The quantitative estimate of drug-likeness (QED) is 0.634. The van der Waals surface area contributed by atoms with E-state index >= 15 is 0 Å². The summed E-state index contributed by atoms with van der Waals surface area (Å²) in [4.78, 5) is -0.159. The first kappa shape index (κ1) is 18.1. The van der Waals surface area contributed by atoms with Crippen molar-refractivity contribution in [3.63, 3.8) is 0 Å². The third kappa shape index (κ3) is 6.10. The number of ether oxygens (including phenoxy) is 1. The van der Waals surface area contributed by atoms with Crippen LogP contribution in [0.4, 0.5) is 0 Å². The van der Waals surface area contributed by atoms with Gasteiger partial charge < -0.3 is 4.74 Å². The number of nitrogens with one attached hydrogen (secondary N) is 1. The monoisotopic (exact) mass is 336 g/mol. The predicted molar refractivity (Wildman–Crippen MR) is 78.7 cm³/mol. The molecule has 0 saturated heterocycles. The van der Waals surface area contributed by atoms with E-state index < -0.39 is 20.0 Å². The molecule has 0 aliphatic rings. The van der Waals surface area contributed by atoms with Crippen LogP contribution in [0, 0.1) is 0 Å². The van der Waals surface area contributed by atoms with E-state index in [1.807, 2.05) is 6.92 Å². The maximum absolute atomic E-state index is 11.9. The zero-order chi connectivity index (χ0) is 15.9. The zero-order valence-corrected chi connectivity index (χ0v) is 13.4. The maximum Gasteiger partial charge on any atom is 0.240 e. The van der Waals surface area contributed by atoms with Crippen molar-refractivity contribution >= 4 is 20.0 Å². The third-order valence-electron chi connectivity index (χ3n) is 2.64. The summed E-state index contributed by atoms with van der Waals surface area (Å²) in [6.07, 6.45) is 1.95. The highest BCUT2D eigenvalue weighted by molar-refractivity contribution is 7.89. The fourth-order valence-electron chi connectivity index (χ4n) is 1.49. The molecule has 0 aliphatic heterocycles. The molecule has 9 heteroatoms. The van der Waals surface area contributed by atoms with Crippen LogP contribution in [0.3, 0.4) is 0 Å². The van der Waals surface area contributed by atoms with Crippen LogP contribution in [0.25, 0.3) is 0 Å². The fourth-order valence-corrected chi connectivity index (χ4v) is 3.02. The molecule has 3 N–H and O–H groups in total. The Morgan fingerprint density at radius 2 is 1.62 bits per heavy atom. The van der Waals surface area contributed by atoms with Crippen molar-refractivity contribution in [1.29, 1.82) is 0 Å². The van der Waals surface area contributed by atoms with Crippen LogP contribution < -0.4 is 9.86 Å². The van der Waals surface area contributed by atoms with Gasteiger partial charge in [-0.15, -0.1) is 0 Å². The van der Waals surface area contributed by atoms with Crippen molar-refractivity contribution < 1.29 is 21.6 Å². The highest BCUT2D eigenvalue weighted by atomic mass is 32.2. The van der Waals surface area contributed by atoms with Crippen LogP contribution in [-0.2, 0) is 24.8 Å². The first-order valence-electron chi connectivity index (χ1n) is 6.47. The highest BCUT2D eigenvalue weighted by Crippen LogP contribution is 2.12. The molecule has 0 heterocycles. The molecule has 1 aromatic carbocycles. The van der Waals surface area contributed by atoms with Gasteiger partial charge in [0, 0.05) is 13.2 Å². The molecule has 1 aromatic rings. The van der Waals surface area contributed by atoms with Gasteiger partial charge in [-0.1, -0.05) is 13.3 Å². The summed E-state index contributed by atoms with van der Waals surface area (Å²) in [5.74, 6) is 0. The molecule has 0 bridgehead atoms. The first-order chi connectivity index (χ1) is 9.77. The number of hydrogen-bond acceptors (Lipinski definition) is 5. The van der Waals surface area contributed by atoms with Gasteiger partial charge >= 0.3 is 0 Å². The molecule has 0 aromatic heterocycles. The van der Waals surface area contributed by atoms with Gasteiger partial charge in [0.2, 0.25) is 20.0 Å². The summed E-state index contributed by atoms with van der Waals surface area (Å²) in [5, 5.41) is 4.94. The van der Waals surface area contributed by atoms with Gasteiger partial charge in [-0.25, -0.2) is 26.7 Å². The Hall–Kier alpha value is -1.00. The van der Waals surface area contributed by atoms with Gasteiger partial charge in [0.15, 0.2) is 0 Å². The minimum absolute atomic E-state index is 0.0246. The highest BCUT2D eigenvalue weighted by Gasteiger charge is 2.15. The minimum Gasteiger partial charge on any atom is -0.380 e. The van der Waals surface area contributed by atoms with Crippen LogP contribution in [0.1, 0.15) is 19.8 Å². The van der Waals surface area contributed by atoms with Crippen molar-refractivity contribution in [2.75, 3.05) is 19.8 Å². The van der Waals surface area contributed by atoms with E-state index in [9.17, 15) is 16.8 Å². The van der Waals surface area contributed by atoms with E-state index in [0.717, 1.165) is 25.0 Å². The summed E-state index contributed by atoms with van der Waals surface area (Å²) in [6.45, 7) is 3.08. The van der Waals surface area contributed by atoms with E-state index in [1.165, 1.54) is 12.1 Å². The lowest BCUT2D eigenvalue weighted by Gasteiger charge is -2.08. The summed E-state index contributed by atoms with van der Waals surface area (Å²) in [5.41, 5.74) is 0. The van der Waals surface area contributed by atoms with Crippen molar-refractivity contribution in [3.05, 3.63) is 24.3 Å². The summed E-state index contributed by atoms with van der Waals surface area (Å²) in [6, 6.07) is 4.70. The SMILES string of the molecule is CCCCOCCNS(=O)(=O)c1ccc(S(N)(=O)=O)cc1. The van der Waals surface area contributed by atoms with E-state index in [1.54, 1.807) is 0 Å². The average molecular weight is 336 g/mol. The molecule has 1 rings (SSSR count). The van der Waals surface area contributed by atoms with Crippen LogP contribution in [-0.4, -0.2) is 36.6 Å². The molecule has 21 heavy (non-hydrogen) atoms. The number of rotatable bonds is 9. The molecule has 0 atom stereocenters. The lowest BCUT2D eigenvalue weighted by atomic mass is 10.4. The van der Waals surface area contributed by atoms with Crippen molar-refractivity contribution in [3.8, 4) is 0 Å². The number of nitrogens with two attached hydrogens (primary N) is 1. The van der Waals surface area contributed by atoms with Gasteiger partial charge in [0.1, 0.15) is 0 Å². The maximum atomic E-state index is 11.9. The van der Waals surface area contributed by atoms with Crippen LogP contribution in [0.15, 0.2) is 34.1 Å². The largest absolute Gasteiger partial charge is 0.380 e. The van der Waals surface area contributed by atoms with Crippen LogP contribution >= 0.6 is 0 Å². The van der Waals surface area contributed by atoms with E-state index in [-0.39, 0.29) is 22.9 Å².